The number of nitrogens with one attached hydrogen (secondary N) is 1. The highest BCUT2D eigenvalue weighted by Crippen LogP contribution is 2.29. The Balaban J connectivity index is 1.85. The predicted octanol–water partition coefficient (Wildman–Crippen LogP) is 6.50. The minimum absolute atomic E-state index is 0.0258. The van der Waals surface area contributed by atoms with Crippen LogP contribution in [0.25, 0.3) is 0 Å². The Labute approximate surface area is 272 Å². The maximum absolute atomic E-state index is 15.1. The number of hydrogen-bond acceptors (Lipinski definition) is 4. The first-order valence-electron chi connectivity index (χ1n) is 15.2. The molecule has 0 saturated heterocycles. The van der Waals surface area contributed by atoms with Gasteiger partial charge in [-0.3, -0.25) is 13.9 Å². The number of anilines is 1. The molecule has 0 fully saturated rings. The summed E-state index contributed by atoms with van der Waals surface area (Å²) in [5.74, 6) is -1.61. The molecule has 46 heavy (non-hydrogen) atoms. The van der Waals surface area contributed by atoms with E-state index in [1.807, 2.05) is 71.0 Å². The fourth-order valence-corrected chi connectivity index (χ4v) is 6.73. The molecule has 4 aromatic carbocycles. The van der Waals surface area contributed by atoms with E-state index in [-0.39, 0.29) is 23.4 Å². The maximum Gasteiger partial charge on any atom is 0.264 e. The number of benzene rings is 4. The Morgan fingerprint density at radius 3 is 2.04 bits per heavy atom. The number of aryl methyl sites for hydroxylation is 3. The summed E-state index contributed by atoms with van der Waals surface area (Å²) in [6, 6.07) is 26.0. The molecule has 2 amide bonds. The summed E-state index contributed by atoms with van der Waals surface area (Å²) in [6.45, 7) is 10.2. The van der Waals surface area contributed by atoms with Crippen molar-refractivity contribution in [2.24, 2.45) is 0 Å². The van der Waals surface area contributed by atoms with Gasteiger partial charge in [0.05, 0.1) is 10.6 Å². The van der Waals surface area contributed by atoms with Gasteiger partial charge in [0.1, 0.15) is 18.4 Å². The van der Waals surface area contributed by atoms with Gasteiger partial charge in [0.15, 0.2) is 0 Å². The second kappa shape index (κ2) is 14.3. The summed E-state index contributed by atoms with van der Waals surface area (Å²) in [6.07, 6.45) is 0.136. The molecule has 4 rings (SSSR count). The molecule has 9 heteroatoms. The number of carbonyl (C=O) groups excluding carboxylic acids is 2. The summed E-state index contributed by atoms with van der Waals surface area (Å²) in [7, 11) is -4.24. The molecule has 4 aromatic rings. The van der Waals surface area contributed by atoms with Crippen LogP contribution in [0.5, 0.6) is 0 Å². The standard InChI is InChI=1S/C37H42FN3O4S/c1-26-16-19-31(20-17-26)46(44,45)41(33-21-18-27(2)22-28(33)3)25-35(42)40(24-30-14-10-11-15-32(30)38)34(36(43)39-37(4,5)6)23-29-12-8-7-9-13-29/h7-22,34H,23-25H2,1-6H3,(H,39,43)/t34-/m1/s1. The lowest BCUT2D eigenvalue weighted by Gasteiger charge is -2.35. The highest BCUT2D eigenvalue weighted by Gasteiger charge is 2.36. The van der Waals surface area contributed by atoms with Crippen LogP contribution in [0.1, 0.15) is 48.6 Å². The summed E-state index contributed by atoms with van der Waals surface area (Å²) in [5, 5.41) is 2.98. The maximum atomic E-state index is 15.1. The number of sulfonamides is 1. The second-order valence-electron chi connectivity index (χ2n) is 12.7. The third-order valence-corrected chi connectivity index (χ3v) is 9.35. The van der Waals surface area contributed by atoms with Crippen molar-refractivity contribution in [3.63, 3.8) is 0 Å². The van der Waals surface area contributed by atoms with Gasteiger partial charge < -0.3 is 10.2 Å². The van der Waals surface area contributed by atoms with E-state index in [0.717, 1.165) is 21.0 Å². The Morgan fingerprint density at radius 2 is 1.43 bits per heavy atom. The molecule has 7 nitrogen and oxygen atoms in total. The fraction of sp³-hybridized carbons (Fsp3) is 0.297. The van der Waals surface area contributed by atoms with Crippen LogP contribution in [0.15, 0.2) is 102 Å². The van der Waals surface area contributed by atoms with E-state index in [4.69, 9.17) is 0 Å². The average Bonchev–Trinajstić information content (AvgIpc) is 2.98. The number of hydrogen-bond donors (Lipinski definition) is 1. The molecule has 0 aromatic heterocycles. The molecule has 0 bridgehead atoms. The summed E-state index contributed by atoms with van der Waals surface area (Å²) in [4.78, 5) is 29.8. The minimum Gasteiger partial charge on any atom is -0.350 e. The SMILES string of the molecule is Cc1ccc(S(=O)(=O)N(CC(=O)N(Cc2ccccc2F)[C@H](Cc2ccccc2)C(=O)NC(C)(C)C)c2ccc(C)cc2C)cc1. The van der Waals surface area contributed by atoms with Gasteiger partial charge in [0.25, 0.3) is 10.0 Å². The van der Waals surface area contributed by atoms with Gasteiger partial charge in [0, 0.05) is 24.1 Å². The van der Waals surface area contributed by atoms with Gasteiger partial charge in [-0.25, -0.2) is 12.8 Å². The predicted molar refractivity (Wildman–Crippen MR) is 180 cm³/mol. The first kappa shape index (κ1) is 34.4. The fourth-order valence-electron chi connectivity index (χ4n) is 5.25. The zero-order valence-electron chi connectivity index (χ0n) is 27.2. The third kappa shape index (κ3) is 8.60. The molecule has 0 unspecified atom stereocenters. The van der Waals surface area contributed by atoms with Crippen LogP contribution in [0.4, 0.5) is 10.1 Å². The Morgan fingerprint density at radius 1 is 0.826 bits per heavy atom. The first-order valence-corrected chi connectivity index (χ1v) is 16.7. The molecule has 0 spiro atoms. The summed E-state index contributed by atoms with van der Waals surface area (Å²) in [5.41, 5.74) is 3.19. The number of halogens is 1. The van der Waals surface area contributed by atoms with Gasteiger partial charge in [-0.15, -0.1) is 0 Å². The van der Waals surface area contributed by atoms with Gasteiger partial charge in [-0.05, 0) is 76.9 Å². The van der Waals surface area contributed by atoms with E-state index in [9.17, 15) is 18.0 Å². The Bertz CT molecular complexity index is 1790. The van der Waals surface area contributed by atoms with Crippen LogP contribution >= 0.6 is 0 Å². The van der Waals surface area contributed by atoms with E-state index >= 15 is 4.39 Å². The molecular weight excluding hydrogens is 601 g/mol. The molecular formula is C37H42FN3O4S. The minimum atomic E-state index is -4.24. The van der Waals surface area contributed by atoms with E-state index in [1.54, 1.807) is 49.4 Å². The normalized spacial score (nSPS) is 12.3. The summed E-state index contributed by atoms with van der Waals surface area (Å²) >= 11 is 0. The number of rotatable bonds is 11. The molecule has 0 aliphatic heterocycles. The zero-order chi connectivity index (χ0) is 33.6. The molecule has 242 valence electrons. The van der Waals surface area contributed by atoms with Gasteiger partial charge in [-0.1, -0.05) is 83.9 Å². The van der Waals surface area contributed by atoms with Crippen molar-refractivity contribution in [1.82, 2.24) is 10.2 Å². The molecule has 0 aliphatic rings. The van der Waals surface area contributed by atoms with Crippen LogP contribution in [0.2, 0.25) is 0 Å². The van der Waals surface area contributed by atoms with Crippen LogP contribution in [0, 0.1) is 26.6 Å². The average molecular weight is 644 g/mol. The van der Waals surface area contributed by atoms with Gasteiger partial charge >= 0.3 is 0 Å². The zero-order valence-corrected chi connectivity index (χ0v) is 28.1. The van der Waals surface area contributed by atoms with Crippen molar-refractivity contribution in [2.75, 3.05) is 10.8 Å². The lowest BCUT2D eigenvalue weighted by atomic mass is 10.0. The van der Waals surface area contributed by atoms with Gasteiger partial charge in [0.2, 0.25) is 11.8 Å². The molecule has 1 atom stereocenters. The van der Waals surface area contributed by atoms with E-state index in [1.165, 1.54) is 23.1 Å². The van der Waals surface area contributed by atoms with Crippen molar-refractivity contribution >= 4 is 27.5 Å². The Hall–Kier alpha value is -4.50. The highest BCUT2D eigenvalue weighted by molar-refractivity contribution is 7.92. The highest BCUT2D eigenvalue weighted by atomic mass is 32.2. The largest absolute Gasteiger partial charge is 0.350 e. The number of amides is 2. The van der Waals surface area contributed by atoms with Crippen molar-refractivity contribution in [3.8, 4) is 0 Å². The third-order valence-electron chi connectivity index (χ3n) is 7.58. The van der Waals surface area contributed by atoms with E-state index < -0.39 is 45.8 Å². The van der Waals surface area contributed by atoms with Crippen molar-refractivity contribution in [1.29, 1.82) is 0 Å². The number of carbonyl (C=O) groups is 2. The van der Waals surface area contributed by atoms with E-state index in [2.05, 4.69) is 5.32 Å². The smallest absolute Gasteiger partial charge is 0.264 e. The van der Waals surface area contributed by atoms with Crippen LogP contribution < -0.4 is 9.62 Å². The van der Waals surface area contributed by atoms with Gasteiger partial charge in [-0.2, -0.15) is 0 Å². The van der Waals surface area contributed by atoms with Crippen LogP contribution in [-0.4, -0.2) is 43.3 Å². The van der Waals surface area contributed by atoms with E-state index in [0.29, 0.717) is 11.3 Å². The second-order valence-corrected chi connectivity index (χ2v) is 14.5. The summed E-state index contributed by atoms with van der Waals surface area (Å²) < 4.78 is 44.7. The van der Waals surface area contributed by atoms with Crippen molar-refractivity contribution < 1.29 is 22.4 Å². The monoisotopic (exact) mass is 643 g/mol. The molecule has 1 N–H and O–H groups in total. The first-order chi connectivity index (χ1) is 21.7. The topological polar surface area (TPSA) is 86.8 Å². The van der Waals surface area contributed by atoms with Crippen molar-refractivity contribution in [2.45, 2.75) is 71.0 Å². The number of nitrogens with zero attached hydrogens (tertiary/aromatic N) is 2. The Kier molecular flexibility index (Phi) is 10.7. The quantitative estimate of drug-likeness (QED) is 0.202. The molecule has 0 heterocycles. The van der Waals surface area contributed by atoms with Crippen molar-refractivity contribution in [3.05, 3.63) is 131 Å². The molecule has 0 radical (unpaired) electrons. The lowest BCUT2D eigenvalue weighted by Crippen LogP contribution is -2.56. The molecule has 0 saturated carbocycles. The van der Waals surface area contributed by atoms with Crippen LogP contribution in [-0.2, 0) is 32.6 Å². The lowest BCUT2D eigenvalue weighted by molar-refractivity contribution is -0.140. The van der Waals surface area contributed by atoms with Crippen LogP contribution in [0.3, 0.4) is 0 Å². The molecule has 0 aliphatic carbocycles.